The highest BCUT2D eigenvalue weighted by Crippen LogP contribution is 2.06. The van der Waals surface area contributed by atoms with Gasteiger partial charge in [0.15, 0.2) is 0 Å². The predicted molar refractivity (Wildman–Crippen MR) is 46.9 cm³/mol. The Morgan fingerprint density at radius 3 is 2.77 bits per heavy atom. The van der Waals surface area contributed by atoms with Crippen LogP contribution in [-0.4, -0.2) is 17.9 Å². The van der Waals surface area contributed by atoms with Gasteiger partial charge >= 0.3 is 0 Å². The fourth-order valence-electron chi connectivity index (χ4n) is 0.725. The van der Waals surface area contributed by atoms with Crippen molar-refractivity contribution in [3.63, 3.8) is 0 Å². The van der Waals surface area contributed by atoms with Gasteiger partial charge in [0.1, 0.15) is 5.75 Å². The van der Waals surface area contributed by atoms with Crippen LogP contribution in [0, 0.1) is 4.91 Å². The van der Waals surface area contributed by atoms with E-state index in [1.54, 1.807) is 12.1 Å². The molecular formula is C8H10N2O3. The van der Waals surface area contributed by atoms with Gasteiger partial charge in [-0.15, -0.1) is 4.91 Å². The summed E-state index contributed by atoms with van der Waals surface area (Å²) in [6.07, 6.45) is -1.27. The number of nitrogens with one attached hydrogen (secondary N) is 1. The lowest BCUT2D eigenvalue weighted by atomic mass is 10.3. The summed E-state index contributed by atoms with van der Waals surface area (Å²) in [5, 5.41) is 11.1. The Balaban J connectivity index is 2.24. The molecule has 0 aliphatic rings. The fourth-order valence-corrected chi connectivity index (χ4v) is 0.725. The van der Waals surface area contributed by atoms with Crippen molar-refractivity contribution in [2.45, 2.75) is 6.23 Å². The fraction of sp³-hybridized carbons (Fsp3) is 0.250. The Kier molecular flexibility index (Phi) is 3.87. The summed E-state index contributed by atoms with van der Waals surface area (Å²) in [5.74, 6) is 0.612. The first kappa shape index (κ1) is 9.63. The normalized spacial score (nSPS) is 12.1. The summed E-state index contributed by atoms with van der Waals surface area (Å²) in [5.41, 5.74) is 2.41. The van der Waals surface area contributed by atoms with E-state index in [2.05, 4.69) is 10.7 Å². The van der Waals surface area contributed by atoms with E-state index < -0.39 is 6.23 Å². The molecule has 1 atom stereocenters. The van der Waals surface area contributed by atoms with Gasteiger partial charge in [-0.2, -0.15) is 5.48 Å². The minimum Gasteiger partial charge on any atom is -0.409 e. The van der Waals surface area contributed by atoms with Gasteiger partial charge in [0.05, 0.1) is 6.54 Å². The van der Waals surface area contributed by atoms with E-state index in [1.807, 2.05) is 18.2 Å². The summed E-state index contributed by atoms with van der Waals surface area (Å²) >= 11 is 0. The zero-order valence-corrected chi connectivity index (χ0v) is 6.88. The SMILES string of the molecule is O=NC(O)CNOc1ccccc1. The molecule has 0 aliphatic carbocycles. The molecule has 1 aromatic rings. The number of benzene rings is 1. The molecule has 0 fully saturated rings. The molecule has 0 aromatic heterocycles. The number of para-hydroxylation sites is 1. The molecule has 1 unspecified atom stereocenters. The highest BCUT2D eigenvalue weighted by Gasteiger charge is 2.01. The number of aliphatic hydroxyl groups excluding tert-OH is 1. The molecule has 1 aromatic carbocycles. The quantitative estimate of drug-likeness (QED) is 0.518. The smallest absolute Gasteiger partial charge is 0.202 e. The molecule has 0 saturated heterocycles. The van der Waals surface area contributed by atoms with Gasteiger partial charge in [0.25, 0.3) is 0 Å². The second kappa shape index (κ2) is 5.23. The third kappa shape index (κ3) is 3.64. The van der Waals surface area contributed by atoms with Gasteiger partial charge < -0.3 is 9.94 Å². The van der Waals surface area contributed by atoms with Crippen molar-refractivity contribution in [1.82, 2.24) is 5.48 Å². The minimum atomic E-state index is -1.27. The summed E-state index contributed by atoms with van der Waals surface area (Å²) < 4.78 is 0. The number of hydroxylamine groups is 1. The maximum Gasteiger partial charge on any atom is 0.202 e. The summed E-state index contributed by atoms with van der Waals surface area (Å²) in [7, 11) is 0. The first-order chi connectivity index (χ1) is 6.33. The summed E-state index contributed by atoms with van der Waals surface area (Å²) in [6.45, 7) is -0.0294. The van der Waals surface area contributed by atoms with Gasteiger partial charge in [-0.05, 0) is 17.3 Å². The predicted octanol–water partition coefficient (Wildman–Crippen LogP) is 0.655. The van der Waals surface area contributed by atoms with Crippen LogP contribution in [0.4, 0.5) is 0 Å². The second-order valence-electron chi connectivity index (χ2n) is 2.35. The molecule has 0 heterocycles. The number of rotatable bonds is 5. The molecule has 70 valence electrons. The molecular weight excluding hydrogens is 172 g/mol. The van der Waals surface area contributed by atoms with Gasteiger partial charge in [-0.3, -0.25) is 0 Å². The molecule has 2 N–H and O–H groups in total. The zero-order chi connectivity index (χ0) is 9.52. The van der Waals surface area contributed by atoms with Gasteiger partial charge in [0.2, 0.25) is 6.23 Å². The Bertz CT molecular complexity index is 253. The van der Waals surface area contributed by atoms with E-state index in [0.29, 0.717) is 5.75 Å². The molecule has 0 amide bonds. The van der Waals surface area contributed by atoms with Crippen LogP contribution >= 0.6 is 0 Å². The van der Waals surface area contributed by atoms with Crippen LogP contribution in [0.25, 0.3) is 0 Å². The topological polar surface area (TPSA) is 70.9 Å². The Morgan fingerprint density at radius 1 is 1.46 bits per heavy atom. The van der Waals surface area contributed by atoms with E-state index in [9.17, 15) is 4.91 Å². The molecule has 0 saturated carbocycles. The van der Waals surface area contributed by atoms with Crippen LogP contribution in [0.1, 0.15) is 0 Å². The average molecular weight is 182 g/mol. The van der Waals surface area contributed by atoms with Gasteiger partial charge in [0, 0.05) is 0 Å². The molecule has 0 spiro atoms. The first-order valence-corrected chi connectivity index (χ1v) is 3.78. The molecule has 5 nitrogen and oxygen atoms in total. The first-order valence-electron chi connectivity index (χ1n) is 3.78. The van der Waals surface area contributed by atoms with Crippen molar-refractivity contribution >= 4 is 0 Å². The lowest BCUT2D eigenvalue weighted by molar-refractivity contribution is 0.112. The Hall–Kier alpha value is -1.46. The molecule has 5 heteroatoms. The average Bonchev–Trinajstić information content (AvgIpc) is 2.19. The van der Waals surface area contributed by atoms with Crippen LogP contribution in [0.3, 0.4) is 0 Å². The van der Waals surface area contributed by atoms with Crippen molar-refractivity contribution < 1.29 is 9.94 Å². The van der Waals surface area contributed by atoms with Crippen molar-refractivity contribution in [2.24, 2.45) is 5.18 Å². The molecule has 0 aliphatic heterocycles. The van der Waals surface area contributed by atoms with E-state index in [1.165, 1.54) is 0 Å². The van der Waals surface area contributed by atoms with Gasteiger partial charge in [-0.1, -0.05) is 18.2 Å². The maximum atomic E-state index is 9.75. The van der Waals surface area contributed by atoms with Crippen LogP contribution < -0.4 is 10.3 Å². The lowest BCUT2D eigenvalue weighted by Gasteiger charge is -2.06. The van der Waals surface area contributed by atoms with Gasteiger partial charge in [-0.25, -0.2) is 0 Å². The highest BCUT2D eigenvalue weighted by atomic mass is 16.6. The minimum absolute atomic E-state index is 0.0294. The Morgan fingerprint density at radius 2 is 2.15 bits per heavy atom. The number of hydrogen-bond acceptors (Lipinski definition) is 5. The van der Waals surface area contributed by atoms with Crippen LogP contribution in [0.5, 0.6) is 5.75 Å². The monoisotopic (exact) mass is 182 g/mol. The van der Waals surface area contributed by atoms with E-state index in [4.69, 9.17) is 9.94 Å². The van der Waals surface area contributed by atoms with Crippen LogP contribution in [0.15, 0.2) is 35.5 Å². The number of hydrogen-bond donors (Lipinski definition) is 2. The lowest BCUT2D eigenvalue weighted by Crippen LogP contribution is -2.27. The van der Waals surface area contributed by atoms with Crippen molar-refractivity contribution in [1.29, 1.82) is 0 Å². The highest BCUT2D eigenvalue weighted by molar-refractivity contribution is 5.20. The van der Waals surface area contributed by atoms with Crippen LogP contribution in [-0.2, 0) is 0 Å². The van der Waals surface area contributed by atoms with Crippen LogP contribution in [0.2, 0.25) is 0 Å². The zero-order valence-electron chi connectivity index (χ0n) is 6.88. The third-order valence-corrected chi connectivity index (χ3v) is 1.32. The third-order valence-electron chi connectivity index (χ3n) is 1.32. The summed E-state index contributed by atoms with van der Waals surface area (Å²) in [6, 6.07) is 8.97. The number of aliphatic hydroxyl groups is 1. The maximum absolute atomic E-state index is 9.75. The van der Waals surface area contributed by atoms with Crippen molar-refractivity contribution in [2.75, 3.05) is 6.54 Å². The standard InChI is InChI=1S/C8H10N2O3/c11-8(10-12)6-9-13-7-4-2-1-3-5-7/h1-5,8-9,11H,6H2. The van der Waals surface area contributed by atoms with Crippen molar-refractivity contribution in [3.8, 4) is 5.75 Å². The molecule has 0 radical (unpaired) electrons. The van der Waals surface area contributed by atoms with E-state index in [0.717, 1.165) is 0 Å². The molecule has 1 rings (SSSR count). The van der Waals surface area contributed by atoms with Crippen molar-refractivity contribution in [3.05, 3.63) is 35.2 Å². The number of nitroso groups, excluding NO2 is 1. The molecule has 0 bridgehead atoms. The van der Waals surface area contributed by atoms with E-state index in [-0.39, 0.29) is 6.54 Å². The Labute approximate surface area is 75.3 Å². The summed E-state index contributed by atoms with van der Waals surface area (Å²) in [4.78, 5) is 14.7. The second-order valence-corrected chi connectivity index (χ2v) is 2.35. The van der Waals surface area contributed by atoms with E-state index >= 15 is 0 Å². The molecule has 13 heavy (non-hydrogen) atoms. The largest absolute Gasteiger partial charge is 0.409 e. The number of nitrogens with zero attached hydrogens (tertiary/aromatic N) is 1.